The van der Waals surface area contributed by atoms with Gasteiger partial charge in [0.25, 0.3) is 0 Å². The van der Waals surface area contributed by atoms with Gasteiger partial charge in [-0.05, 0) is 48.9 Å². The van der Waals surface area contributed by atoms with Crippen LogP contribution in [0.1, 0.15) is 28.7 Å². The van der Waals surface area contributed by atoms with Gasteiger partial charge in [-0.25, -0.2) is 4.68 Å². The summed E-state index contributed by atoms with van der Waals surface area (Å²) in [6.45, 7) is 2.18. The van der Waals surface area contributed by atoms with Gasteiger partial charge in [0.05, 0.1) is 31.1 Å². The Morgan fingerprint density at radius 1 is 0.944 bits per heavy atom. The van der Waals surface area contributed by atoms with Crippen molar-refractivity contribution < 1.29 is 18.4 Å². The van der Waals surface area contributed by atoms with E-state index >= 15 is 0 Å². The molecule has 1 N–H and O–H groups in total. The van der Waals surface area contributed by atoms with E-state index in [-0.39, 0.29) is 31.4 Å². The molecule has 0 bridgehead atoms. The molecule has 3 aromatic heterocycles. The number of para-hydroxylation sites is 1. The Labute approximate surface area is 207 Å². The minimum atomic E-state index is -0.909. The standard InChI is InChI=1S/C27H25N5O4/c1-19-10-12-20(13-11-19)26(27(34)28-16-21-6-4-14-35-21)31(17-22-7-5-15-36-22)25(33)18-32-24-9-3-2-8-23(24)29-30-32/h2-15,26H,16-18H2,1H3,(H,28,34)/t26-/m0/s1. The fourth-order valence-electron chi connectivity index (χ4n) is 4.05. The van der Waals surface area contributed by atoms with Gasteiger partial charge in [-0.3, -0.25) is 9.59 Å². The molecule has 2 aromatic carbocycles. The molecule has 2 amide bonds. The van der Waals surface area contributed by atoms with Crippen molar-refractivity contribution in [2.45, 2.75) is 32.6 Å². The van der Waals surface area contributed by atoms with Crippen molar-refractivity contribution in [2.24, 2.45) is 0 Å². The van der Waals surface area contributed by atoms with Crippen LogP contribution in [0.5, 0.6) is 0 Å². The van der Waals surface area contributed by atoms with E-state index in [0.717, 1.165) is 11.1 Å². The summed E-state index contributed by atoms with van der Waals surface area (Å²) in [6, 6.07) is 21.1. The zero-order chi connectivity index (χ0) is 24.9. The lowest BCUT2D eigenvalue weighted by Crippen LogP contribution is -2.44. The van der Waals surface area contributed by atoms with Crippen molar-refractivity contribution in [3.8, 4) is 0 Å². The predicted molar refractivity (Wildman–Crippen MR) is 131 cm³/mol. The van der Waals surface area contributed by atoms with Crippen LogP contribution in [0, 0.1) is 6.92 Å². The van der Waals surface area contributed by atoms with Crippen molar-refractivity contribution in [3.05, 3.63) is 108 Å². The highest BCUT2D eigenvalue weighted by Crippen LogP contribution is 2.25. The van der Waals surface area contributed by atoms with E-state index in [1.165, 1.54) is 4.90 Å². The summed E-state index contributed by atoms with van der Waals surface area (Å²) < 4.78 is 12.4. The highest BCUT2D eigenvalue weighted by atomic mass is 16.3. The average molecular weight is 484 g/mol. The Morgan fingerprint density at radius 3 is 2.39 bits per heavy atom. The van der Waals surface area contributed by atoms with Crippen molar-refractivity contribution in [3.63, 3.8) is 0 Å². The number of aryl methyl sites for hydroxylation is 1. The molecule has 36 heavy (non-hydrogen) atoms. The van der Waals surface area contributed by atoms with E-state index in [9.17, 15) is 9.59 Å². The molecule has 3 heterocycles. The molecule has 0 saturated carbocycles. The van der Waals surface area contributed by atoms with E-state index in [1.54, 1.807) is 41.5 Å². The van der Waals surface area contributed by atoms with Crippen LogP contribution in [0.4, 0.5) is 0 Å². The predicted octanol–water partition coefficient (Wildman–Crippen LogP) is 4.01. The molecule has 0 aliphatic carbocycles. The third-order valence-electron chi connectivity index (χ3n) is 5.90. The number of hydrogen-bond donors (Lipinski definition) is 1. The van der Waals surface area contributed by atoms with E-state index in [1.807, 2.05) is 55.5 Å². The van der Waals surface area contributed by atoms with Crippen molar-refractivity contribution in [1.82, 2.24) is 25.2 Å². The Kier molecular flexibility index (Phi) is 6.61. The lowest BCUT2D eigenvalue weighted by Gasteiger charge is -2.31. The molecule has 0 aliphatic rings. The molecule has 0 radical (unpaired) electrons. The first-order valence-corrected chi connectivity index (χ1v) is 11.6. The highest BCUT2D eigenvalue weighted by Gasteiger charge is 2.32. The van der Waals surface area contributed by atoms with Gasteiger partial charge < -0.3 is 19.1 Å². The largest absolute Gasteiger partial charge is 0.467 e. The molecule has 5 aromatic rings. The van der Waals surface area contributed by atoms with Gasteiger partial charge in [0.15, 0.2) is 0 Å². The van der Waals surface area contributed by atoms with Gasteiger partial charge >= 0.3 is 0 Å². The summed E-state index contributed by atoms with van der Waals surface area (Å²) >= 11 is 0. The third-order valence-corrected chi connectivity index (χ3v) is 5.90. The lowest BCUT2D eigenvalue weighted by atomic mass is 10.0. The van der Waals surface area contributed by atoms with Crippen LogP contribution in [0.3, 0.4) is 0 Å². The summed E-state index contributed by atoms with van der Waals surface area (Å²) in [5.74, 6) is 0.533. The van der Waals surface area contributed by atoms with Gasteiger partial charge in [0.2, 0.25) is 11.8 Å². The SMILES string of the molecule is Cc1ccc([C@@H](C(=O)NCc2ccco2)N(Cc2ccco2)C(=O)Cn2nnc3ccccc32)cc1. The molecule has 182 valence electrons. The van der Waals surface area contributed by atoms with E-state index < -0.39 is 6.04 Å². The number of carbonyl (C=O) groups is 2. The maximum absolute atomic E-state index is 13.8. The summed E-state index contributed by atoms with van der Waals surface area (Å²) in [7, 11) is 0. The molecule has 9 heteroatoms. The Hall–Kier alpha value is -4.66. The molecule has 1 atom stereocenters. The number of benzene rings is 2. The normalized spacial score (nSPS) is 11.9. The summed E-state index contributed by atoms with van der Waals surface area (Å²) in [4.78, 5) is 28.9. The fourth-order valence-corrected chi connectivity index (χ4v) is 4.05. The van der Waals surface area contributed by atoms with Crippen LogP contribution in [0.25, 0.3) is 11.0 Å². The number of carbonyl (C=O) groups excluding carboxylic acids is 2. The van der Waals surface area contributed by atoms with Gasteiger partial charge in [0, 0.05) is 0 Å². The first-order chi connectivity index (χ1) is 17.6. The van der Waals surface area contributed by atoms with Gasteiger partial charge in [-0.2, -0.15) is 0 Å². The minimum Gasteiger partial charge on any atom is -0.467 e. The van der Waals surface area contributed by atoms with Crippen LogP contribution in [-0.2, 0) is 29.2 Å². The Balaban J connectivity index is 1.49. The van der Waals surface area contributed by atoms with Gasteiger partial charge in [-0.15, -0.1) is 5.10 Å². The number of amides is 2. The van der Waals surface area contributed by atoms with Gasteiger partial charge in [-0.1, -0.05) is 47.2 Å². The van der Waals surface area contributed by atoms with Crippen molar-refractivity contribution in [1.29, 1.82) is 0 Å². The topological polar surface area (TPSA) is 106 Å². The van der Waals surface area contributed by atoms with Crippen molar-refractivity contribution in [2.75, 3.05) is 0 Å². The first-order valence-electron chi connectivity index (χ1n) is 11.6. The maximum atomic E-state index is 13.8. The molecule has 5 rings (SSSR count). The van der Waals surface area contributed by atoms with Crippen LogP contribution < -0.4 is 5.32 Å². The molecule has 0 aliphatic heterocycles. The molecular formula is C27H25N5O4. The molecular weight excluding hydrogens is 458 g/mol. The second-order valence-electron chi connectivity index (χ2n) is 8.45. The monoisotopic (exact) mass is 483 g/mol. The number of nitrogens with zero attached hydrogens (tertiary/aromatic N) is 4. The van der Waals surface area contributed by atoms with E-state index in [4.69, 9.17) is 8.83 Å². The minimum absolute atomic E-state index is 0.0882. The third kappa shape index (κ3) is 5.05. The lowest BCUT2D eigenvalue weighted by molar-refractivity contribution is -0.142. The van der Waals surface area contributed by atoms with Crippen LogP contribution in [-0.4, -0.2) is 31.7 Å². The number of nitrogens with one attached hydrogen (secondary N) is 1. The smallest absolute Gasteiger partial charge is 0.247 e. The van der Waals surface area contributed by atoms with Crippen LogP contribution in [0.15, 0.2) is 94.2 Å². The molecule has 0 fully saturated rings. The zero-order valence-corrected chi connectivity index (χ0v) is 19.7. The molecule has 9 nitrogen and oxygen atoms in total. The molecule has 0 unspecified atom stereocenters. The van der Waals surface area contributed by atoms with Crippen LogP contribution >= 0.6 is 0 Å². The number of rotatable bonds is 9. The molecule has 0 spiro atoms. The Morgan fingerprint density at radius 2 is 1.67 bits per heavy atom. The quantitative estimate of drug-likeness (QED) is 0.340. The highest BCUT2D eigenvalue weighted by molar-refractivity contribution is 5.89. The van der Waals surface area contributed by atoms with E-state index in [2.05, 4.69) is 15.6 Å². The van der Waals surface area contributed by atoms with E-state index in [0.29, 0.717) is 22.6 Å². The number of hydrogen-bond acceptors (Lipinski definition) is 6. The second kappa shape index (κ2) is 10.3. The van der Waals surface area contributed by atoms with Crippen molar-refractivity contribution >= 4 is 22.8 Å². The van der Waals surface area contributed by atoms with Gasteiger partial charge in [0.1, 0.15) is 29.6 Å². The van der Waals surface area contributed by atoms with Crippen LogP contribution in [0.2, 0.25) is 0 Å². The maximum Gasteiger partial charge on any atom is 0.247 e. The second-order valence-corrected chi connectivity index (χ2v) is 8.45. The summed E-state index contributed by atoms with van der Waals surface area (Å²) in [5.41, 5.74) is 3.15. The average Bonchev–Trinajstić information content (AvgIpc) is 3.67. The number of furan rings is 2. The number of fused-ring (bicyclic) bond motifs is 1. The first kappa shape index (κ1) is 23.1. The fraction of sp³-hybridized carbons (Fsp3) is 0.185. The number of aromatic nitrogens is 3. The zero-order valence-electron chi connectivity index (χ0n) is 19.7. The Bertz CT molecular complexity index is 1440. The molecule has 0 saturated heterocycles. The summed E-state index contributed by atoms with van der Waals surface area (Å²) in [6.07, 6.45) is 3.09. The summed E-state index contributed by atoms with van der Waals surface area (Å²) in [5, 5.41) is 11.2.